The Morgan fingerprint density at radius 3 is 2.64 bits per heavy atom. The van der Waals surface area contributed by atoms with E-state index >= 15 is 0 Å². The van der Waals surface area contributed by atoms with E-state index in [0.29, 0.717) is 5.56 Å². The molecule has 0 heterocycles. The molecule has 0 saturated carbocycles. The first-order valence-corrected chi connectivity index (χ1v) is 6.65. The highest BCUT2D eigenvalue weighted by atomic mass is 16.4. The van der Waals surface area contributed by atoms with Gasteiger partial charge in [0.25, 0.3) is 5.91 Å². The largest absolute Gasteiger partial charge is 0.480 e. The lowest BCUT2D eigenvalue weighted by Crippen LogP contribution is -2.46. The zero-order valence-corrected chi connectivity index (χ0v) is 12.4. The topological polar surface area (TPSA) is 111 Å². The third-order valence-electron chi connectivity index (χ3n) is 3.05. The summed E-state index contributed by atoms with van der Waals surface area (Å²) in [6, 6.07) is 6.91. The van der Waals surface area contributed by atoms with Gasteiger partial charge >= 0.3 is 5.97 Å². The number of rotatable bonds is 6. The molecule has 7 nitrogen and oxygen atoms in total. The first-order valence-electron chi connectivity index (χ1n) is 6.65. The number of hydrogen-bond donors (Lipinski definition) is 2. The van der Waals surface area contributed by atoms with Crippen LogP contribution in [0.1, 0.15) is 29.8 Å². The fraction of sp³-hybridized carbons (Fsp3) is 0.333. The number of carboxylic acid groups (broad SMARTS) is 1. The van der Waals surface area contributed by atoms with Gasteiger partial charge in [0.15, 0.2) is 0 Å². The third kappa shape index (κ3) is 4.59. The molecule has 0 spiro atoms. The van der Waals surface area contributed by atoms with Crippen LogP contribution < -0.4 is 5.32 Å². The molecule has 7 heteroatoms. The van der Waals surface area contributed by atoms with Gasteiger partial charge in [-0.3, -0.25) is 9.59 Å². The molecule has 1 aromatic rings. The molecule has 0 saturated heterocycles. The van der Waals surface area contributed by atoms with Gasteiger partial charge in [0.1, 0.15) is 6.04 Å². The number of amides is 2. The molecule has 2 amide bonds. The smallest absolute Gasteiger partial charge is 0.326 e. The predicted molar refractivity (Wildman–Crippen MR) is 78.0 cm³/mol. The Bertz CT molecular complexity index is 621. The minimum absolute atomic E-state index is 0.0582. The Balaban J connectivity index is 2.98. The molecule has 0 fully saturated rings. The molecule has 0 radical (unpaired) electrons. The quantitative estimate of drug-likeness (QED) is 0.800. The van der Waals surface area contributed by atoms with Crippen molar-refractivity contribution >= 4 is 17.8 Å². The summed E-state index contributed by atoms with van der Waals surface area (Å²) in [5.41, 5.74) is 0.547. The zero-order chi connectivity index (χ0) is 16.7. The summed E-state index contributed by atoms with van der Waals surface area (Å²) in [6.07, 6.45) is 0. The van der Waals surface area contributed by atoms with Crippen LogP contribution in [-0.4, -0.2) is 46.9 Å². The molecule has 1 unspecified atom stereocenters. The van der Waals surface area contributed by atoms with Crippen molar-refractivity contribution in [2.24, 2.45) is 0 Å². The van der Waals surface area contributed by atoms with Gasteiger partial charge in [0, 0.05) is 25.6 Å². The van der Waals surface area contributed by atoms with Gasteiger partial charge in [0.2, 0.25) is 5.91 Å². The molecule has 116 valence electrons. The fourth-order valence-electron chi connectivity index (χ4n) is 1.84. The summed E-state index contributed by atoms with van der Waals surface area (Å²) >= 11 is 0. The van der Waals surface area contributed by atoms with Gasteiger partial charge in [-0.05, 0) is 25.1 Å². The van der Waals surface area contributed by atoms with Crippen molar-refractivity contribution in [2.45, 2.75) is 19.9 Å². The second-order valence-corrected chi connectivity index (χ2v) is 4.69. The van der Waals surface area contributed by atoms with E-state index in [1.165, 1.54) is 26.0 Å². The van der Waals surface area contributed by atoms with Crippen molar-refractivity contribution in [2.75, 3.05) is 13.1 Å². The highest BCUT2D eigenvalue weighted by Crippen LogP contribution is 2.11. The number of carboxylic acids is 1. The van der Waals surface area contributed by atoms with Gasteiger partial charge in [-0.2, -0.15) is 5.26 Å². The Hall–Kier alpha value is -2.88. The van der Waals surface area contributed by atoms with Crippen molar-refractivity contribution in [3.8, 4) is 6.07 Å². The standard InChI is InChI=1S/C15H17N3O4/c1-10(15(21)22)18(7-6-17-11(2)19)14(20)13-5-3-4-12(8-13)9-16/h3-5,8,10H,6-7H2,1-2H3,(H,17,19)(H,21,22). The first kappa shape index (κ1) is 17.2. The SMILES string of the molecule is CC(=O)NCCN(C(=O)c1cccc(C#N)c1)C(C)C(=O)O. The normalized spacial score (nSPS) is 11.1. The zero-order valence-electron chi connectivity index (χ0n) is 12.4. The van der Waals surface area contributed by atoms with Crippen molar-refractivity contribution < 1.29 is 19.5 Å². The van der Waals surface area contributed by atoms with Crippen LogP contribution in [0, 0.1) is 11.3 Å². The summed E-state index contributed by atoms with van der Waals surface area (Å²) in [4.78, 5) is 35.7. The number of carbonyl (C=O) groups is 3. The van der Waals surface area contributed by atoms with E-state index in [-0.39, 0.29) is 24.6 Å². The third-order valence-corrected chi connectivity index (χ3v) is 3.05. The lowest BCUT2D eigenvalue weighted by atomic mass is 10.1. The number of benzene rings is 1. The first-order chi connectivity index (χ1) is 10.4. The Morgan fingerprint density at radius 1 is 1.41 bits per heavy atom. The molecule has 2 N–H and O–H groups in total. The maximum Gasteiger partial charge on any atom is 0.326 e. The summed E-state index contributed by atoms with van der Waals surface area (Å²) in [5, 5.41) is 20.5. The monoisotopic (exact) mass is 303 g/mol. The Morgan fingerprint density at radius 2 is 2.09 bits per heavy atom. The van der Waals surface area contributed by atoms with Crippen LogP contribution in [-0.2, 0) is 9.59 Å². The lowest BCUT2D eigenvalue weighted by Gasteiger charge is -2.26. The van der Waals surface area contributed by atoms with Crippen molar-refractivity contribution in [1.82, 2.24) is 10.2 Å². The number of carbonyl (C=O) groups excluding carboxylic acids is 2. The molecule has 0 bridgehead atoms. The van der Waals surface area contributed by atoms with Crippen molar-refractivity contribution in [1.29, 1.82) is 5.26 Å². The maximum absolute atomic E-state index is 12.5. The molecule has 0 aliphatic rings. The van der Waals surface area contributed by atoms with Crippen LogP contribution in [0.15, 0.2) is 24.3 Å². The molecule has 0 aliphatic carbocycles. The van der Waals surface area contributed by atoms with Gasteiger partial charge < -0.3 is 15.3 Å². The lowest BCUT2D eigenvalue weighted by molar-refractivity contribution is -0.141. The van der Waals surface area contributed by atoms with E-state index in [2.05, 4.69) is 5.32 Å². The second-order valence-electron chi connectivity index (χ2n) is 4.69. The van der Waals surface area contributed by atoms with Crippen LogP contribution in [0.25, 0.3) is 0 Å². The molecule has 0 aliphatic heterocycles. The highest BCUT2D eigenvalue weighted by molar-refractivity contribution is 5.96. The van der Waals surface area contributed by atoms with Gasteiger partial charge in [0.05, 0.1) is 11.6 Å². The van der Waals surface area contributed by atoms with Crippen molar-refractivity contribution in [3.05, 3.63) is 35.4 Å². The molecule has 1 atom stereocenters. The molecular formula is C15H17N3O4. The average molecular weight is 303 g/mol. The number of hydrogen-bond acceptors (Lipinski definition) is 4. The molecule has 0 aromatic heterocycles. The summed E-state index contributed by atoms with van der Waals surface area (Å²) in [6.45, 7) is 2.94. The van der Waals surface area contributed by atoms with Crippen LogP contribution >= 0.6 is 0 Å². The summed E-state index contributed by atoms with van der Waals surface area (Å²) in [7, 11) is 0. The van der Waals surface area contributed by atoms with Gasteiger partial charge in [-0.15, -0.1) is 0 Å². The van der Waals surface area contributed by atoms with E-state index in [0.717, 1.165) is 4.90 Å². The van der Waals surface area contributed by atoms with Gasteiger partial charge in [-0.1, -0.05) is 6.07 Å². The Kier molecular flexibility index (Phi) is 6.08. The summed E-state index contributed by atoms with van der Waals surface area (Å²) in [5.74, 6) is -1.91. The number of nitrogens with one attached hydrogen (secondary N) is 1. The molecule has 22 heavy (non-hydrogen) atoms. The van der Waals surface area contributed by atoms with Crippen LogP contribution in [0.3, 0.4) is 0 Å². The van der Waals surface area contributed by atoms with Crippen LogP contribution in [0.5, 0.6) is 0 Å². The fourth-order valence-corrected chi connectivity index (χ4v) is 1.84. The number of nitrogens with zero attached hydrogens (tertiary/aromatic N) is 2. The van der Waals surface area contributed by atoms with E-state index in [1.54, 1.807) is 12.1 Å². The van der Waals surface area contributed by atoms with Crippen LogP contribution in [0.4, 0.5) is 0 Å². The van der Waals surface area contributed by atoms with Crippen LogP contribution in [0.2, 0.25) is 0 Å². The van der Waals surface area contributed by atoms with Gasteiger partial charge in [-0.25, -0.2) is 4.79 Å². The minimum Gasteiger partial charge on any atom is -0.480 e. The minimum atomic E-state index is -1.15. The van der Waals surface area contributed by atoms with Crippen molar-refractivity contribution in [3.63, 3.8) is 0 Å². The predicted octanol–water partition coefficient (Wildman–Crippen LogP) is 0.610. The highest BCUT2D eigenvalue weighted by Gasteiger charge is 2.26. The van der Waals surface area contributed by atoms with E-state index in [4.69, 9.17) is 10.4 Å². The molecule has 1 rings (SSSR count). The summed E-state index contributed by atoms with van der Waals surface area (Å²) < 4.78 is 0. The molecule has 1 aromatic carbocycles. The average Bonchev–Trinajstić information content (AvgIpc) is 2.50. The Labute approximate surface area is 128 Å². The number of nitriles is 1. The maximum atomic E-state index is 12.5. The van der Waals surface area contributed by atoms with E-state index in [1.807, 2.05) is 6.07 Å². The second kappa shape index (κ2) is 7.78. The van der Waals surface area contributed by atoms with E-state index < -0.39 is 17.9 Å². The van der Waals surface area contributed by atoms with E-state index in [9.17, 15) is 14.4 Å². The molecular weight excluding hydrogens is 286 g/mol. The number of aliphatic carboxylic acids is 1.